The second kappa shape index (κ2) is 5.54. The Kier molecular flexibility index (Phi) is 4.31. The van der Waals surface area contributed by atoms with Gasteiger partial charge in [-0.3, -0.25) is 0 Å². The van der Waals surface area contributed by atoms with E-state index in [0.717, 1.165) is 29.3 Å². The molecule has 0 N–H and O–H groups in total. The molecule has 0 aliphatic carbocycles. The van der Waals surface area contributed by atoms with Crippen LogP contribution < -0.4 is 4.74 Å². The molecular weight excluding hydrogens is 332 g/mol. The average Bonchev–Trinajstić information content (AvgIpc) is 2.67. The largest absolute Gasteiger partial charge is 0.490 e. The first-order valence-corrected chi connectivity index (χ1v) is 7.85. The molecule has 3 heteroatoms. The van der Waals surface area contributed by atoms with Gasteiger partial charge in [0.25, 0.3) is 0 Å². The van der Waals surface area contributed by atoms with E-state index in [9.17, 15) is 0 Å². The van der Waals surface area contributed by atoms with Gasteiger partial charge in [-0.05, 0) is 30.9 Å². The molecule has 1 nitrogen and oxygen atoms in total. The van der Waals surface area contributed by atoms with Crippen molar-refractivity contribution in [2.45, 2.75) is 25.9 Å². The van der Waals surface area contributed by atoms with Crippen molar-refractivity contribution in [1.29, 1.82) is 0 Å². The van der Waals surface area contributed by atoms with Gasteiger partial charge >= 0.3 is 0 Å². The third kappa shape index (κ3) is 2.80. The van der Waals surface area contributed by atoms with Gasteiger partial charge in [0.15, 0.2) is 0 Å². The van der Waals surface area contributed by atoms with E-state index in [1.54, 1.807) is 0 Å². The molecule has 0 saturated carbocycles. The highest BCUT2D eigenvalue weighted by molar-refractivity contribution is 9.09. The van der Waals surface area contributed by atoms with Crippen molar-refractivity contribution < 1.29 is 4.74 Å². The minimum absolute atomic E-state index is 0.358. The summed E-state index contributed by atoms with van der Waals surface area (Å²) in [5.74, 6) is 1.74. The fourth-order valence-electron chi connectivity index (χ4n) is 2.12. The van der Waals surface area contributed by atoms with Gasteiger partial charge in [0.2, 0.25) is 0 Å². The van der Waals surface area contributed by atoms with Crippen LogP contribution in [0.4, 0.5) is 0 Å². The quantitative estimate of drug-likeness (QED) is 0.745. The Bertz CT molecular complexity index is 361. The van der Waals surface area contributed by atoms with E-state index in [2.05, 4.69) is 57.0 Å². The van der Waals surface area contributed by atoms with Crippen molar-refractivity contribution in [3.63, 3.8) is 0 Å². The molecule has 0 fully saturated rings. The average molecular weight is 348 g/mol. The monoisotopic (exact) mass is 346 g/mol. The highest BCUT2D eigenvalue weighted by atomic mass is 79.9. The number of hydrogen-bond acceptors (Lipinski definition) is 1. The van der Waals surface area contributed by atoms with Crippen molar-refractivity contribution in [3.05, 3.63) is 29.3 Å². The highest BCUT2D eigenvalue weighted by Gasteiger charge is 2.25. The number of halogens is 2. The number of ether oxygens (including phenoxy) is 1. The van der Waals surface area contributed by atoms with Crippen molar-refractivity contribution >= 4 is 31.9 Å². The molecular formula is C13H16Br2O. The molecule has 0 spiro atoms. The first-order chi connectivity index (χ1) is 7.72. The molecule has 1 aliphatic heterocycles. The molecule has 0 radical (unpaired) electrons. The summed E-state index contributed by atoms with van der Waals surface area (Å²) in [4.78, 5) is 0. The molecule has 0 aromatic heterocycles. The molecule has 2 rings (SSSR count). The van der Waals surface area contributed by atoms with E-state index < -0.39 is 0 Å². The van der Waals surface area contributed by atoms with Crippen molar-refractivity contribution in [2.75, 3.05) is 10.7 Å². The molecule has 88 valence electrons. The summed E-state index contributed by atoms with van der Waals surface area (Å²) in [5.41, 5.74) is 2.69. The lowest BCUT2D eigenvalue weighted by Crippen LogP contribution is -2.19. The summed E-state index contributed by atoms with van der Waals surface area (Å²) < 4.78 is 5.95. The molecule has 1 aromatic rings. The zero-order valence-electron chi connectivity index (χ0n) is 9.38. The SMILES string of the molecule is Cc1ccc2c(c1)CC(CC(CBr)CBr)O2. The smallest absolute Gasteiger partial charge is 0.123 e. The van der Waals surface area contributed by atoms with Crippen LogP contribution in [0.5, 0.6) is 5.75 Å². The molecule has 1 aliphatic rings. The van der Waals surface area contributed by atoms with Crippen LogP contribution in [0.3, 0.4) is 0 Å². The van der Waals surface area contributed by atoms with Crippen molar-refractivity contribution in [2.24, 2.45) is 5.92 Å². The number of benzene rings is 1. The molecule has 1 atom stereocenters. The Morgan fingerprint density at radius 1 is 1.38 bits per heavy atom. The van der Waals surface area contributed by atoms with Crippen LogP contribution in [0.2, 0.25) is 0 Å². The van der Waals surface area contributed by atoms with Crippen LogP contribution in [0.25, 0.3) is 0 Å². The number of alkyl halides is 2. The molecule has 1 aromatic carbocycles. The van der Waals surface area contributed by atoms with Gasteiger partial charge in [-0.15, -0.1) is 0 Å². The van der Waals surface area contributed by atoms with Gasteiger partial charge in [0.1, 0.15) is 11.9 Å². The van der Waals surface area contributed by atoms with E-state index in [4.69, 9.17) is 4.74 Å². The lowest BCUT2D eigenvalue weighted by atomic mass is 10.0. The first kappa shape index (κ1) is 12.4. The molecule has 16 heavy (non-hydrogen) atoms. The summed E-state index contributed by atoms with van der Waals surface area (Å²) >= 11 is 7.09. The van der Waals surface area contributed by atoms with Crippen molar-refractivity contribution in [1.82, 2.24) is 0 Å². The summed E-state index contributed by atoms with van der Waals surface area (Å²) in [6, 6.07) is 6.46. The number of aryl methyl sites for hydroxylation is 1. The number of hydrogen-bond donors (Lipinski definition) is 0. The summed E-state index contributed by atoms with van der Waals surface area (Å²) in [6.07, 6.45) is 2.54. The highest BCUT2D eigenvalue weighted by Crippen LogP contribution is 2.32. The molecule has 0 amide bonds. The van der Waals surface area contributed by atoms with E-state index in [1.807, 2.05) is 0 Å². The normalized spacial score (nSPS) is 18.6. The molecule has 0 bridgehead atoms. The Hall–Kier alpha value is -0.0200. The van der Waals surface area contributed by atoms with Gasteiger partial charge in [0.05, 0.1) is 0 Å². The third-order valence-electron chi connectivity index (χ3n) is 2.99. The van der Waals surface area contributed by atoms with E-state index in [1.165, 1.54) is 11.1 Å². The van der Waals surface area contributed by atoms with Gasteiger partial charge < -0.3 is 4.74 Å². The summed E-state index contributed by atoms with van der Waals surface area (Å²) in [7, 11) is 0. The van der Waals surface area contributed by atoms with Crippen LogP contribution in [0.15, 0.2) is 18.2 Å². The predicted octanol–water partition coefficient (Wildman–Crippen LogP) is 4.09. The topological polar surface area (TPSA) is 9.23 Å². The van der Waals surface area contributed by atoms with Gasteiger partial charge in [-0.1, -0.05) is 49.6 Å². The zero-order chi connectivity index (χ0) is 11.5. The van der Waals surface area contributed by atoms with Gasteiger partial charge in [-0.25, -0.2) is 0 Å². The van der Waals surface area contributed by atoms with Gasteiger partial charge in [-0.2, -0.15) is 0 Å². The fourth-order valence-corrected chi connectivity index (χ4v) is 3.72. The maximum Gasteiger partial charge on any atom is 0.123 e. The Morgan fingerprint density at radius 3 is 2.81 bits per heavy atom. The van der Waals surface area contributed by atoms with E-state index in [-0.39, 0.29) is 0 Å². The second-order valence-electron chi connectivity index (χ2n) is 4.47. The standard InChI is InChI=1S/C13H16Br2O/c1-9-2-3-13-11(4-9)6-12(16-13)5-10(7-14)8-15/h2-4,10,12H,5-8H2,1H3. The van der Waals surface area contributed by atoms with E-state index >= 15 is 0 Å². The summed E-state index contributed by atoms with van der Waals surface area (Å²) in [6.45, 7) is 2.13. The number of fused-ring (bicyclic) bond motifs is 1. The Morgan fingerprint density at radius 2 is 2.12 bits per heavy atom. The Balaban J connectivity index is 2.00. The Labute approximate surface area is 114 Å². The minimum atomic E-state index is 0.358. The van der Waals surface area contributed by atoms with Gasteiger partial charge in [0, 0.05) is 17.1 Å². The fraction of sp³-hybridized carbons (Fsp3) is 0.538. The minimum Gasteiger partial charge on any atom is -0.490 e. The molecule has 0 saturated heterocycles. The zero-order valence-corrected chi connectivity index (χ0v) is 12.6. The van der Waals surface area contributed by atoms with Crippen LogP contribution in [0.1, 0.15) is 17.5 Å². The predicted molar refractivity (Wildman–Crippen MR) is 75.0 cm³/mol. The second-order valence-corrected chi connectivity index (χ2v) is 5.76. The maximum atomic E-state index is 5.95. The molecule has 1 heterocycles. The van der Waals surface area contributed by atoms with Crippen molar-refractivity contribution in [3.8, 4) is 5.75 Å². The first-order valence-electron chi connectivity index (χ1n) is 5.61. The van der Waals surface area contributed by atoms with Crippen LogP contribution >= 0.6 is 31.9 Å². The summed E-state index contributed by atoms with van der Waals surface area (Å²) in [5, 5.41) is 2.07. The van der Waals surface area contributed by atoms with Crippen LogP contribution in [-0.4, -0.2) is 16.8 Å². The lowest BCUT2D eigenvalue weighted by Gasteiger charge is -2.16. The van der Waals surface area contributed by atoms with E-state index in [0.29, 0.717) is 12.0 Å². The van der Waals surface area contributed by atoms with Crippen LogP contribution in [-0.2, 0) is 6.42 Å². The maximum absolute atomic E-state index is 5.95. The molecule has 1 unspecified atom stereocenters. The lowest BCUT2D eigenvalue weighted by molar-refractivity contribution is 0.205. The number of rotatable bonds is 4. The third-order valence-corrected chi connectivity index (χ3v) is 4.82. The van der Waals surface area contributed by atoms with Crippen LogP contribution in [0, 0.1) is 12.8 Å².